The Morgan fingerprint density at radius 3 is 2.70 bits per heavy atom. The second-order valence-corrected chi connectivity index (χ2v) is 3.92. The van der Waals surface area contributed by atoms with Crippen molar-refractivity contribution in [2.24, 2.45) is 0 Å². The molecule has 0 nitrogen and oxygen atoms in total. The summed E-state index contributed by atoms with van der Waals surface area (Å²) in [5, 5.41) is 0. The molecule has 0 aliphatic carbocycles. The van der Waals surface area contributed by atoms with Crippen molar-refractivity contribution >= 4 is 42.5 Å². The molecule has 0 fully saturated rings. The van der Waals surface area contributed by atoms with E-state index in [4.69, 9.17) is 0 Å². The van der Waals surface area contributed by atoms with Gasteiger partial charge < -0.3 is 0 Å². The van der Waals surface area contributed by atoms with E-state index in [1.807, 2.05) is 12.3 Å². The maximum absolute atomic E-state index is 12.8. The van der Waals surface area contributed by atoms with Gasteiger partial charge in [-0.25, -0.2) is 0 Å². The Morgan fingerprint density at radius 2 is 2.20 bits per heavy atom. The van der Waals surface area contributed by atoms with Crippen LogP contribution in [0, 0.1) is 5.82 Å². The molecule has 0 spiro atoms. The Labute approximate surface area is 81.6 Å². The maximum atomic E-state index is 12.8. The predicted octanol–water partition coefficient (Wildman–Crippen LogP) is 1.34. The first-order chi connectivity index (χ1) is 4.75. The van der Waals surface area contributed by atoms with Gasteiger partial charge >= 0.3 is 82.1 Å². The second-order valence-electron chi connectivity index (χ2n) is 2.07. The molecule has 0 amide bonds. The second kappa shape index (κ2) is 3.77. The van der Waals surface area contributed by atoms with Gasteiger partial charge in [-0.3, -0.25) is 0 Å². The first-order valence-corrected chi connectivity index (χ1v) is 5.27. The number of hydrogen-bond acceptors (Lipinski definition) is 1. The van der Waals surface area contributed by atoms with E-state index < -0.39 is 0 Å². The average Bonchev–Trinajstić information content (AvgIpc) is 1.95. The quantitative estimate of drug-likeness (QED) is 0.446. The third-order valence-corrected chi connectivity index (χ3v) is 3.70. The van der Waals surface area contributed by atoms with Crippen molar-refractivity contribution in [3.8, 4) is 0 Å². The predicted molar refractivity (Wildman–Crippen MR) is 43.6 cm³/mol. The van der Waals surface area contributed by atoms with Gasteiger partial charge in [-0.1, -0.05) is 0 Å². The van der Waals surface area contributed by atoms with E-state index in [1.165, 1.54) is 6.07 Å². The van der Waals surface area contributed by atoms with Gasteiger partial charge in [0.15, 0.2) is 0 Å². The molecule has 1 aromatic rings. The molecule has 0 atom stereocenters. The molecule has 0 aliphatic heterocycles. The first-order valence-electron chi connectivity index (χ1n) is 3.05. The summed E-state index contributed by atoms with van der Waals surface area (Å²) >= 11 is 2.40. The summed E-state index contributed by atoms with van der Waals surface area (Å²) in [6.07, 6.45) is 1.97. The van der Waals surface area contributed by atoms with E-state index in [1.54, 1.807) is 17.8 Å². The summed E-state index contributed by atoms with van der Waals surface area (Å²) in [5.74, 6) is -0.0569. The Hall–Kier alpha value is 0.500. The van der Waals surface area contributed by atoms with Crippen molar-refractivity contribution in [1.29, 1.82) is 0 Å². The number of thioether (sulfide) groups is 1. The molecular weight excluding hydrogens is 158 g/mol. The van der Waals surface area contributed by atoms with Crippen molar-refractivity contribution in [1.82, 2.24) is 0 Å². The molecule has 0 saturated carbocycles. The van der Waals surface area contributed by atoms with Crippen LogP contribution in [0.4, 0.5) is 4.39 Å². The van der Waals surface area contributed by atoms with Crippen molar-refractivity contribution in [2.45, 2.75) is 4.90 Å². The van der Waals surface area contributed by atoms with Crippen molar-refractivity contribution in [3.63, 3.8) is 0 Å². The Morgan fingerprint density at radius 1 is 1.50 bits per heavy atom. The van der Waals surface area contributed by atoms with E-state index in [0.29, 0.717) is 0 Å². The molecule has 1 aromatic carbocycles. The van der Waals surface area contributed by atoms with Gasteiger partial charge in [0.1, 0.15) is 0 Å². The normalized spacial score (nSPS) is 10.0. The van der Waals surface area contributed by atoms with Crippen LogP contribution in [0.2, 0.25) is 0 Å². The molecule has 1 rings (SSSR count). The zero-order valence-corrected chi connectivity index (χ0v) is 8.83. The third kappa shape index (κ3) is 1.76. The molecule has 3 heteroatoms. The molecular formula is C7H6FNaS. The van der Waals surface area contributed by atoms with Gasteiger partial charge in [-0.2, -0.15) is 0 Å². The van der Waals surface area contributed by atoms with Crippen molar-refractivity contribution in [3.05, 3.63) is 24.0 Å². The monoisotopic (exact) mass is 164 g/mol. The van der Waals surface area contributed by atoms with E-state index in [0.717, 1.165) is 35.6 Å². The molecule has 0 aliphatic rings. The fraction of sp³-hybridized carbons (Fsp3) is 0.143. The van der Waals surface area contributed by atoms with Crippen molar-refractivity contribution in [2.75, 3.05) is 6.26 Å². The Kier molecular flexibility index (Phi) is 3.24. The van der Waals surface area contributed by atoms with E-state index in [2.05, 4.69) is 0 Å². The standard InChI is InChI=1S/C7H6FS.Na/c1-9-7-4-2-3-6(8)5-7;/h2-4H,1H3;. The van der Waals surface area contributed by atoms with Crippen LogP contribution in [0.5, 0.6) is 0 Å². The Balaban J connectivity index is 3.14. The van der Waals surface area contributed by atoms with Gasteiger partial charge in [-0.05, 0) is 0 Å². The number of rotatable bonds is 1. The molecule has 0 heterocycles. The van der Waals surface area contributed by atoms with Crippen LogP contribution < -0.4 is 2.81 Å². The molecule has 0 unspecified atom stereocenters. The Bertz CT molecular complexity index is 237. The van der Waals surface area contributed by atoms with Crippen LogP contribution in [-0.4, -0.2) is 34.2 Å². The van der Waals surface area contributed by atoms with Gasteiger partial charge in [0.25, 0.3) is 0 Å². The molecule has 0 radical (unpaired) electrons. The minimum atomic E-state index is -0.0569. The van der Waals surface area contributed by atoms with Crippen LogP contribution >= 0.6 is 11.8 Å². The minimum absolute atomic E-state index is 0.0569. The fourth-order valence-corrected chi connectivity index (χ4v) is 2.37. The summed E-state index contributed by atoms with van der Waals surface area (Å²) in [6.45, 7) is 0. The van der Waals surface area contributed by atoms with Crippen LogP contribution in [0.15, 0.2) is 23.1 Å². The number of benzene rings is 1. The zero-order valence-electron chi connectivity index (χ0n) is 6.02. The molecule has 0 aromatic heterocycles. The van der Waals surface area contributed by atoms with Crippen LogP contribution in [-0.2, 0) is 0 Å². The van der Waals surface area contributed by atoms with Crippen molar-refractivity contribution < 1.29 is 4.39 Å². The number of halogens is 1. The van der Waals surface area contributed by atoms with Crippen LogP contribution in [0.1, 0.15) is 0 Å². The summed E-state index contributed by atoms with van der Waals surface area (Å²) in [6, 6.07) is 5.22. The third-order valence-electron chi connectivity index (χ3n) is 1.44. The van der Waals surface area contributed by atoms with Gasteiger partial charge in [0, 0.05) is 0 Å². The fourth-order valence-electron chi connectivity index (χ4n) is 0.809. The first kappa shape index (κ1) is 8.60. The number of hydrogen-bond donors (Lipinski definition) is 0. The topological polar surface area (TPSA) is 0 Å². The molecule has 0 saturated heterocycles. The molecule has 0 bridgehead atoms. The van der Waals surface area contributed by atoms with Gasteiger partial charge in [0.05, 0.1) is 0 Å². The molecule has 48 valence electrons. The molecule has 0 N–H and O–H groups in total. The van der Waals surface area contributed by atoms with Gasteiger partial charge in [0.2, 0.25) is 0 Å². The average molecular weight is 164 g/mol. The van der Waals surface area contributed by atoms with E-state index >= 15 is 0 Å². The summed E-state index contributed by atoms with van der Waals surface area (Å²) in [4.78, 5) is 1.08. The van der Waals surface area contributed by atoms with Gasteiger partial charge in [-0.15, -0.1) is 0 Å². The summed E-state index contributed by atoms with van der Waals surface area (Å²) in [5.41, 5.74) is 0. The van der Waals surface area contributed by atoms with E-state index in [9.17, 15) is 4.39 Å². The zero-order chi connectivity index (χ0) is 7.56. The van der Waals surface area contributed by atoms with Crippen LogP contribution in [0.3, 0.4) is 0 Å². The van der Waals surface area contributed by atoms with E-state index in [-0.39, 0.29) is 5.82 Å². The SMILES string of the molecule is CSc1cccc(F)[c]1[Na]. The summed E-state index contributed by atoms with van der Waals surface area (Å²) < 4.78 is 13.7. The van der Waals surface area contributed by atoms with Crippen LogP contribution in [0.25, 0.3) is 0 Å². The summed E-state index contributed by atoms with van der Waals surface area (Å²) in [7, 11) is 0. The molecule has 10 heavy (non-hydrogen) atoms.